The van der Waals surface area contributed by atoms with Gasteiger partial charge in [0.2, 0.25) is 0 Å². The molecule has 0 aromatic rings. The van der Waals surface area contributed by atoms with E-state index in [4.69, 9.17) is 14.2 Å². The number of fused-ring (bicyclic) bond motifs is 1. The number of esters is 2. The average Bonchev–Trinajstić information content (AvgIpc) is 3.18. The van der Waals surface area contributed by atoms with Crippen molar-refractivity contribution in [2.75, 3.05) is 13.2 Å². The lowest BCUT2D eigenvalue weighted by atomic mass is 9.79. The van der Waals surface area contributed by atoms with Crippen LogP contribution in [0.2, 0.25) is 0 Å². The number of epoxide rings is 1. The van der Waals surface area contributed by atoms with Crippen molar-refractivity contribution >= 4 is 11.9 Å². The molecule has 4 atom stereocenters. The third-order valence-corrected chi connectivity index (χ3v) is 3.44. The van der Waals surface area contributed by atoms with Gasteiger partial charge in [-0.1, -0.05) is 25.3 Å². The molecule has 2 rings (SSSR count). The molecule has 1 aliphatic heterocycles. The van der Waals surface area contributed by atoms with E-state index in [2.05, 4.69) is 13.2 Å². The molecule has 19 heavy (non-hydrogen) atoms. The van der Waals surface area contributed by atoms with Crippen molar-refractivity contribution in [3.05, 3.63) is 25.3 Å². The van der Waals surface area contributed by atoms with Crippen molar-refractivity contribution in [2.24, 2.45) is 11.8 Å². The molecule has 5 heteroatoms. The minimum Gasteiger partial charge on any atom is -0.461 e. The van der Waals surface area contributed by atoms with Crippen molar-refractivity contribution in [3.63, 3.8) is 0 Å². The SMILES string of the molecule is C=CCOC(=O)[C@H]1C[C@H]2O[C@H]2C[C@H]1C(=O)OCC=C. The van der Waals surface area contributed by atoms with E-state index in [1.165, 1.54) is 12.2 Å². The van der Waals surface area contributed by atoms with Crippen LogP contribution >= 0.6 is 0 Å². The predicted molar refractivity (Wildman–Crippen MR) is 67.2 cm³/mol. The van der Waals surface area contributed by atoms with Gasteiger partial charge < -0.3 is 14.2 Å². The van der Waals surface area contributed by atoms with Crippen LogP contribution in [-0.2, 0) is 23.8 Å². The Bertz CT molecular complexity index is 353. The molecule has 2 fully saturated rings. The van der Waals surface area contributed by atoms with Crippen LogP contribution in [0.15, 0.2) is 25.3 Å². The molecular formula is C14H18O5. The number of hydrogen-bond acceptors (Lipinski definition) is 5. The molecule has 0 bridgehead atoms. The fraction of sp³-hybridized carbons (Fsp3) is 0.571. The molecule has 2 aliphatic rings. The molecule has 0 radical (unpaired) electrons. The summed E-state index contributed by atoms with van der Waals surface area (Å²) in [7, 11) is 0. The lowest BCUT2D eigenvalue weighted by molar-refractivity contribution is -0.160. The summed E-state index contributed by atoms with van der Waals surface area (Å²) in [6, 6.07) is 0. The molecular weight excluding hydrogens is 248 g/mol. The number of carbonyl (C=O) groups is 2. The Morgan fingerprint density at radius 1 is 1.00 bits per heavy atom. The average molecular weight is 266 g/mol. The van der Waals surface area contributed by atoms with Crippen LogP contribution in [0.5, 0.6) is 0 Å². The fourth-order valence-electron chi connectivity index (χ4n) is 2.44. The molecule has 1 saturated carbocycles. The maximum absolute atomic E-state index is 12.0. The van der Waals surface area contributed by atoms with Crippen LogP contribution in [-0.4, -0.2) is 37.4 Å². The Labute approximate surface area is 112 Å². The van der Waals surface area contributed by atoms with Gasteiger partial charge in [-0.05, 0) is 12.8 Å². The summed E-state index contributed by atoms with van der Waals surface area (Å²) in [5.41, 5.74) is 0. The van der Waals surface area contributed by atoms with E-state index in [1.54, 1.807) is 0 Å². The quantitative estimate of drug-likeness (QED) is 0.411. The van der Waals surface area contributed by atoms with Crippen molar-refractivity contribution in [2.45, 2.75) is 25.0 Å². The molecule has 0 aromatic heterocycles. The highest BCUT2D eigenvalue weighted by Gasteiger charge is 2.53. The van der Waals surface area contributed by atoms with Gasteiger partial charge >= 0.3 is 11.9 Å². The molecule has 5 nitrogen and oxygen atoms in total. The van der Waals surface area contributed by atoms with E-state index in [0.29, 0.717) is 12.8 Å². The third kappa shape index (κ3) is 3.23. The maximum atomic E-state index is 12.0. The smallest absolute Gasteiger partial charge is 0.310 e. The largest absolute Gasteiger partial charge is 0.461 e. The zero-order valence-electron chi connectivity index (χ0n) is 10.7. The normalized spacial score (nSPS) is 31.8. The van der Waals surface area contributed by atoms with Crippen LogP contribution < -0.4 is 0 Å². The number of rotatable bonds is 6. The minimum atomic E-state index is -0.485. The molecule has 0 aromatic carbocycles. The zero-order valence-corrected chi connectivity index (χ0v) is 10.7. The zero-order chi connectivity index (χ0) is 13.8. The van der Waals surface area contributed by atoms with E-state index in [-0.39, 0.29) is 37.4 Å². The van der Waals surface area contributed by atoms with Gasteiger partial charge in [0.1, 0.15) is 13.2 Å². The Morgan fingerprint density at radius 2 is 1.42 bits per heavy atom. The highest BCUT2D eigenvalue weighted by atomic mass is 16.6. The second-order valence-electron chi connectivity index (χ2n) is 4.73. The van der Waals surface area contributed by atoms with E-state index in [1.807, 2.05) is 0 Å². The molecule has 1 aliphatic carbocycles. The highest BCUT2D eigenvalue weighted by Crippen LogP contribution is 2.43. The molecule has 104 valence electrons. The molecule has 1 saturated heterocycles. The lowest BCUT2D eigenvalue weighted by Gasteiger charge is -2.25. The van der Waals surface area contributed by atoms with Gasteiger partial charge in [-0.3, -0.25) is 9.59 Å². The first-order valence-corrected chi connectivity index (χ1v) is 6.38. The van der Waals surface area contributed by atoms with Crippen LogP contribution in [0.25, 0.3) is 0 Å². The van der Waals surface area contributed by atoms with E-state index >= 15 is 0 Å². The summed E-state index contributed by atoms with van der Waals surface area (Å²) >= 11 is 0. The predicted octanol–water partition coefficient (Wildman–Crippen LogP) is 1.24. The standard InChI is InChI=1S/C14H18O5/c1-3-5-17-13(15)9-7-11-12(19-11)8-10(9)14(16)18-6-4-2/h3-4,9-12H,1-2,5-8H2/t9-,10+,11+,12-. The third-order valence-electron chi connectivity index (χ3n) is 3.44. The number of carbonyl (C=O) groups excluding carboxylic acids is 2. The summed E-state index contributed by atoms with van der Waals surface area (Å²) in [5, 5.41) is 0. The van der Waals surface area contributed by atoms with Gasteiger partial charge in [-0.2, -0.15) is 0 Å². The van der Waals surface area contributed by atoms with Crippen LogP contribution in [0.4, 0.5) is 0 Å². The van der Waals surface area contributed by atoms with Crippen LogP contribution in [0.1, 0.15) is 12.8 Å². The van der Waals surface area contributed by atoms with Crippen molar-refractivity contribution in [3.8, 4) is 0 Å². The second kappa shape index (κ2) is 6.02. The van der Waals surface area contributed by atoms with E-state index in [9.17, 15) is 9.59 Å². The summed E-state index contributed by atoms with van der Waals surface area (Å²) in [6.07, 6.45) is 4.22. The Kier molecular flexibility index (Phi) is 4.37. The molecule has 0 spiro atoms. The van der Waals surface area contributed by atoms with Crippen LogP contribution in [0.3, 0.4) is 0 Å². The molecule has 0 amide bonds. The fourth-order valence-corrected chi connectivity index (χ4v) is 2.44. The highest BCUT2D eigenvalue weighted by molar-refractivity contribution is 5.82. The summed E-state index contributed by atoms with van der Waals surface area (Å²) in [4.78, 5) is 23.9. The number of ether oxygens (including phenoxy) is 3. The molecule has 0 N–H and O–H groups in total. The number of hydrogen-bond donors (Lipinski definition) is 0. The second-order valence-corrected chi connectivity index (χ2v) is 4.73. The minimum absolute atomic E-state index is 0.0877. The first kappa shape index (κ1) is 13.8. The summed E-state index contributed by atoms with van der Waals surface area (Å²) in [6.45, 7) is 7.28. The van der Waals surface area contributed by atoms with Gasteiger partial charge in [0.05, 0.1) is 24.0 Å². The van der Waals surface area contributed by atoms with Crippen LogP contribution in [0, 0.1) is 11.8 Å². The van der Waals surface area contributed by atoms with Gasteiger partial charge in [0, 0.05) is 0 Å². The van der Waals surface area contributed by atoms with Crippen molar-refractivity contribution < 1.29 is 23.8 Å². The summed E-state index contributed by atoms with van der Waals surface area (Å²) < 4.78 is 15.5. The van der Waals surface area contributed by atoms with Crippen molar-refractivity contribution in [1.29, 1.82) is 0 Å². The summed E-state index contributed by atoms with van der Waals surface area (Å²) in [5.74, 6) is -1.73. The van der Waals surface area contributed by atoms with E-state index in [0.717, 1.165) is 0 Å². The lowest BCUT2D eigenvalue weighted by Crippen LogP contribution is -2.37. The van der Waals surface area contributed by atoms with Gasteiger partial charge in [-0.25, -0.2) is 0 Å². The first-order valence-electron chi connectivity index (χ1n) is 6.38. The Balaban J connectivity index is 1.99. The maximum Gasteiger partial charge on any atom is 0.310 e. The Morgan fingerprint density at radius 3 is 1.79 bits per heavy atom. The Hall–Kier alpha value is -1.62. The first-order chi connectivity index (χ1) is 9.17. The van der Waals surface area contributed by atoms with E-state index < -0.39 is 11.8 Å². The van der Waals surface area contributed by atoms with Crippen molar-refractivity contribution in [1.82, 2.24) is 0 Å². The van der Waals surface area contributed by atoms with Gasteiger partial charge in [0.15, 0.2) is 0 Å². The monoisotopic (exact) mass is 266 g/mol. The van der Waals surface area contributed by atoms with Gasteiger partial charge in [-0.15, -0.1) is 0 Å². The molecule has 1 heterocycles. The van der Waals surface area contributed by atoms with Gasteiger partial charge in [0.25, 0.3) is 0 Å². The molecule has 0 unspecified atom stereocenters. The topological polar surface area (TPSA) is 65.1 Å².